The van der Waals surface area contributed by atoms with Crippen LogP contribution >= 0.6 is 11.3 Å². The Hall–Kier alpha value is -1.89. The molecule has 0 aliphatic rings. The number of nitrogens with one attached hydrogen (secondary N) is 3. The van der Waals surface area contributed by atoms with Gasteiger partial charge in [-0.2, -0.15) is 4.98 Å². The van der Waals surface area contributed by atoms with E-state index in [1.165, 1.54) is 4.88 Å². The molecule has 1 atom stereocenters. The first-order chi connectivity index (χ1) is 10.1. The van der Waals surface area contributed by atoms with Gasteiger partial charge in [0.15, 0.2) is 0 Å². The highest BCUT2D eigenvalue weighted by atomic mass is 32.1. The van der Waals surface area contributed by atoms with Crippen LogP contribution < -0.4 is 16.0 Å². The van der Waals surface area contributed by atoms with E-state index in [-0.39, 0.29) is 11.9 Å². The lowest BCUT2D eigenvalue weighted by Gasteiger charge is -2.15. The van der Waals surface area contributed by atoms with E-state index >= 15 is 0 Å². The molecule has 0 spiro atoms. The van der Waals surface area contributed by atoms with Gasteiger partial charge in [0.1, 0.15) is 16.7 Å². The maximum Gasteiger partial charge on any atom is 0.242 e. The summed E-state index contributed by atoms with van der Waals surface area (Å²) in [5, 5.41) is 9.91. The van der Waals surface area contributed by atoms with Gasteiger partial charge in [0.2, 0.25) is 11.9 Å². The molecular formula is C14H21N5OS. The third-order valence-corrected chi connectivity index (χ3v) is 4.29. The SMILES string of the molecule is CCNC(=O)C(C)Nc1nc(NC)nc2sc(CC)cc12. The molecule has 21 heavy (non-hydrogen) atoms. The van der Waals surface area contributed by atoms with Crippen molar-refractivity contribution in [3.63, 3.8) is 0 Å². The number of rotatable bonds is 6. The molecule has 0 bridgehead atoms. The minimum absolute atomic E-state index is 0.0405. The number of nitrogens with zero attached hydrogens (tertiary/aromatic N) is 2. The first-order valence-electron chi connectivity index (χ1n) is 7.11. The van der Waals surface area contributed by atoms with Gasteiger partial charge in [-0.15, -0.1) is 11.3 Å². The zero-order valence-corrected chi connectivity index (χ0v) is 13.6. The van der Waals surface area contributed by atoms with Gasteiger partial charge >= 0.3 is 0 Å². The van der Waals surface area contributed by atoms with E-state index in [1.807, 2.05) is 13.8 Å². The minimum Gasteiger partial charge on any atom is -0.358 e. The van der Waals surface area contributed by atoms with E-state index in [4.69, 9.17) is 0 Å². The number of anilines is 2. The van der Waals surface area contributed by atoms with Crippen molar-refractivity contribution in [1.82, 2.24) is 15.3 Å². The van der Waals surface area contributed by atoms with Crippen LogP contribution in [0.3, 0.4) is 0 Å². The molecule has 2 aromatic rings. The summed E-state index contributed by atoms with van der Waals surface area (Å²) in [6.07, 6.45) is 0.960. The van der Waals surface area contributed by atoms with Crippen LogP contribution in [0.1, 0.15) is 25.6 Å². The maximum absolute atomic E-state index is 11.9. The Balaban J connectivity index is 2.36. The molecule has 0 saturated carbocycles. The average molecular weight is 307 g/mol. The fourth-order valence-corrected chi connectivity index (χ4v) is 2.93. The van der Waals surface area contributed by atoms with Crippen molar-refractivity contribution < 1.29 is 4.79 Å². The summed E-state index contributed by atoms with van der Waals surface area (Å²) in [6.45, 7) is 6.45. The molecule has 6 nitrogen and oxygen atoms in total. The zero-order chi connectivity index (χ0) is 15.4. The van der Waals surface area contributed by atoms with Crippen molar-refractivity contribution in [2.45, 2.75) is 33.2 Å². The first-order valence-corrected chi connectivity index (χ1v) is 7.93. The molecule has 0 radical (unpaired) electrons. The van der Waals surface area contributed by atoms with E-state index in [9.17, 15) is 4.79 Å². The lowest BCUT2D eigenvalue weighted by molar-refractivity contribution is -0.121. The highest BCUT2D eigenvalue weighted by molar-refractivity contribution is 7.18. The van der Waals surface area contributed by atoms with Crippen molar-refractivity contribution in [1.29, 1.82) is 0 Å². The number of aryl methyl sites for hydroxylation is 1. The predicted octanol–water partition coefficient (Wildman–Crippen LogP) is 2.23. The molecule has 0 fully saturated rings. The number of aromatic nitrogens is 2. The van der Waals surface area contributed by atoms with E-state index in [1.54, 1.807) is 18.4 Å². The second-order valence-electron chi connectivity index (χ2n) is 4.69. The van der Waals surface area contributed by atoms with Gasteiger partial charge in [-0.05, 0) is 26.3 Å². The summed E-state index contributed by atoms with van der Waals surface area (Å²) in [6, 6.07) is 1.74. The topological polar surface area (TPSA) is 78.9 Å². The summed E-state index contributed by atoms with van der Waals surface area (Å²) < 4.78 is 0. The largest absolute Gasteiger partial charge is 0.358 e. The molecule has 2 aromatic heterocycles. The zero-order valence-electron chi connectivity index (χ0n) is 12.8. The second kappa shape index (κ2) is 6.71. The van der Waals surface area contributed by atoms with Crippen LogP contribution in [0, 0.1) is 0 Å². The van der Waals surface area contributed by atoms with Crippen molar-refractivity contribution in [3.8, 4) is 0 Å². The van der Waals surface area contributed by atoms with Crippen LogP contribution in [-0.2, 0) is 11.2 Å². The Morgan fingerprint density at radius 3 is 2.76 bits per heavy atom. The lowest BCUT2D eigenvalue weighted by Crippen LogP contribution is -2.37. The van der Waals surface area contributed by atoms with Crippen LogP contribution in [0.5, 0.6) is 0 Å². The number of fused-ring (bicyclic) bond motifs is 1. The summed E-state index contributed by atoms with van der Waals surface area (Å²) in [7, 11) is 1.78. The molecule has 7 heteroatoms. The van der Waals surface area contributed by atoms with Crippen molar-refractivity contribution in [2.75, 3.05) is 24.2 Å². The number of amides is 1. The molecule has 1 amide bonds. The molecule has 3 N–H and O–H groups in total. The van der Waals surface area contributed by atoms with Gasteiger partial charge in [0, 0.05) is 18.5 Å². The molecule has 0 aromatic carbocycles. The van der Waals surface area contributed by atoms with Crippen molar-refractivity contribution in [2.24, 2.45) is 0 Å². The summed E-state index contributed by atoms with van der Waals surface area (Å²) in [4.78, 5) is 23.0. The smallest absolute Gasteiger partial charge is 0.242 e. The number of likely N-dealkylation sites (N-methyl/N-ethyl adjacent to an activating group) is 1. The van der Waals surface area contributed by atoms with Gasteiger partial charge in [-0.1, -0.05) is 6.92 Å². The van der Waals surface area contributed by atoms with Gasteiger partial charge in [-0.25, -0.2) is 4.98 Å². The maximum atomic E-state index is 11.9. The molecule has 1 unspecified atom stereocenters. The van der Waals surface area contributed by atoms with Crippen LogP contribution in [0.2, 0.25) is 0 Å². The van der Waals surface area contributed by atoms with E-state index < -0.39 is 0 Å². The Morgan fingerprint density at radius 1 is 1.38 bits per heavy atom. The van der Waals surface area contributed by atoms with Crippen LogP contribution in [-0.4, -0.2) is 35.5 Å². The molecule has 114 valence electrons. The number of hydrogen-bond donors (Lipinski definition) is 3. The van der Waals surface area contributed by atoms with E-state index in [2.05, 4.69) is 38.9 Å². The third-order valence-electron chi connectivity index (χ3n) is 3.11. The summed E-state index contributed by atoms with van der Waals surface area (Å²) in [5.74, 6) is 1.21. The number of thiophene rings is 1. The fourth-order valence-electron chi connectivity index (χ4n) is 1.97. The van der Waals surface area contributed by atoms with Gasteiger partial charge in [0.05, 0.1) is 5.39 Å². The highest BCUT2D eigenvalue weighted by Crippen LogP contribution is 2.30. The van der Waals surface area contributed by atoms with Gasteiger partial charge in [0.25, 0.3) is 0 Å². The Bertz CT molecular complexity index is 640. The van der Waals surface area contributed by atoms with Gasteiger partial charge < -0.3 is 16.0 Å². The lowest BCUT2D eigenvalue weighted by atomic mass is 10.2. The summed E-state index contributed by atoms with van der Waals surface area (Å²) in [5.41, 5.74) is 0. The monoisotopic (exact) mass is 307 g/mol. The van der Waals surface area contributed by atoms with Gasteiger partial charge in [-0.3, -0.25) is 4.79 Å². The Labute approximate surface area is 128 Å². The average Bonchev–Trinajstić information content (AvgIpc) is 2.90. The third kappa shape index (κ3) is 3.41. The Kier molecular flexibility index (Phi) is 4.95. The molecule has 0 aliphatic carbocycles. The Morgan fingerprint density at radius 2 is 2.14 bits per heavy atom. The standard InChI is InChI=1S/C14H21N5OS/c1-5-9-7-10-11(17-8(3)12(20)16-6-2)18-14(15-4)19-13(10)21-9/h7-8H,5-6H2,1-4H3,(H,16,20)(H2,15,17,18,19). The molecule has 0 saturated heterocycles. The highest BCUT2D eigenvalue weighted by Gasteiger charge is 2.16. The number of carbonyl (C=O) groups excluding carboxylic acids is 1. The second-order valence-corrected chi connectivity index (χ2v) is 5.81. The van der Waals surface area contributed by atoms with Crippen LogP contribution in [0.4, 0.5) is 11.8 Å². The molecule has 2 rings (SSSR count). The molecule has 2 heterocycles. The summed E-state index contributed by atoms with van der Waals surface area (Å²) >= 11 is 1.66. The fraction of sp³-hybridized carbons (Fsp3) is 0.500. The predicted molar refractivity (Wildman–Crippen MR) is 88.1 cm³/mol. The number of carbonyl (C=O) groups is 1. The quantitative estimate of drug-likeness (QED) is 0.763. The first kappa shape index (κ1) is 15.5. The minimum atomic E-state index is -0.349. The van der Waals surface area contributed by atoms with Crippen LogP contribution in [0.25, 0.3) is 10.2 Å². The number of hydrogen-bond acceptors (Lipinski definition) is 6. The van der Waals surface area contributed by atoms with E-state index in [0.29, 0.717) is 18.3 Å². The molecule has 0 aliphatic heterocycles. The van der Waals surface area contributed by atoms with Crippen molar-refractivity contribution in [3.05, 3.63) is 10.9 Å². The molecular weight excluding hydrogens is 286 g/mol. The van der Waals surface area contributed by atoms with Crippen molar-refractivity contribution >= 4 is 39.2 Å². The normalized spacial score (nSPS) is 12.2. The van der Waals surface area contributed by atoms with Crippen LogP contribution in [0.15, 0.2) is 6.07 Å². The van der Waals surface area contributed by atoms with E-state index in [0.717, 1.165) is 16.6 Å².